The number of morpholine rings is 1. The van der Waals surface area contributed by atoms with Crippen molar-refractivity contribution in [1.29, 1.82) is 0 Å². The lowest BCUT2D eigenvalue weighted by atomic mass is 10.2. The molecule has 0 radical (unpaired) electrons. The third-order valence-corrected chi connectivity index (χ3v) is 2.93. The number of methoxy groups -OCH3 is 1. The highest BCUT2D eigenvalue weighted by molar-refractivity contribution is 5.85. The average Bonchev–Trinajstić information content (AvgIpc) is 2.45. The van der Waals surface area contributed by atoms with Crippen molar-refractivity contribution < 1.29 is 14.3 Å². The second-order valence-electron chi connectivity index (χ2n) is 4.36. The van der Waals surface area contributed by atoms with Crippen LogP contribution in [0.3, 0.4) is 0 Å². The van der Waals surface area contributed by atoms with Crippen molar-refractivity contribution in [3.8, 4) is 0 Å². The number of rotatable bonds is 3. The SMILES string of the molecule is COC(=O)c1nc(C)cc(N2CCOC(CN)C2)n1. The summed E-state index contributed by atoms with van der Waals surface area (Å²) >= 11 is 0. The Balaban J connectivity index is 2.24. The van der Waals surface area contributed by atoms with Gasteiger partial charge in [-0.1, -0.05) is 0 Å². The lowest BCUT2D eigenvalue weighted by molar-refractivity contribution is 0.0462. The average molecular weight is 266 g/mol. The van der Waals surface area contributed by atoms with Gasteiger partial charge in [-0.25, -0.2) is 14.8 Å². The van der Waals surface area contributed by atoms with Crippen LogP contribution in [-0.4, -0.2) is 55.4 Å². The molecular weight excluding hydrogens is 248 g/mol. The van der Waals surface area contributed by atoms with Gasteiger partial charge in [0.05, 0.1) is 19.8 Å². The highest BCUT2D eigenvalue weighted by Crippen LogP contribution is 2.16. The summed E-state index contributed by atoms with van der Waals surface area (Å²) in [4.78, 5) is 21.9. The molecule has 0 amide bonds. The van der Waals surface area contributed by atoms with Gasteiger partial charge in [0.15, 0.2) is 0 Å². The summed E-state index contributed by atoms with van der Waals surface area (Å²) in [6.07, 6.45) is -0.00871. The first-order valence-electron chi connectivity index (χ1n) is 6.14. The zero-order valence-corrected chi connectivity index (χ0v) is 11.1. The molecule has 1 fully saturated rings. The van der Waals surface area contributed by atoms with E-state index in [1.54, 1.807) is 0 Å². The molecule has 1 aromatic heterocycles. The molecule has 0 spiro atoms. The van der Waals surface area contributed by atoms with Crippen molar-refractivity contribution in [2.24, 2.45) is 5.73 Å². The van der Waals surface area contributed by atoms with Gasteiger partial charge in [-0.2, -0.15) is 0 Å². The maximum absolute atomic E-state index is 11.5. The zero-order valence-electron chi connectivity index (χ0n) is 11.1. The van der Waals surface area contributed by atoms with E-state index in [2.05, 4.69) is 14.7 Å². The topological polar surface area (TPSA) is 90.6 Å². The Kier molecular flexibility index (Phi) is 4.28. The summed E-state index contributed by atoms with van der Waals surface area (Å²) < 4.78 is 10.2. The number of nitrogens with zero attached hydrogens (tertiary/aromatic N) is 3. The lowest BCUT2D eigenvalue weighted by Gasteiger charge is -2.33. The van der Waals surface area contributed by atoms with Crippen LogP contribution < -0.4 is 10.6 Å². The monoisotopic (exact) mass is 266 g/mol. The number of aromatic nitrogens is 2. The van der Waals surface area contributed by atoms with E-state index in [0.717, 1.165) is 5.69 Å². The van der Waals surface area contributed by atoms with Crippen molar-refractivity contribution in [3.05, 3.63) is 17.6 Å². The van der Waals surface area contributed by atoms with Gasteiger partial charge in [0.1, 0.15) is 5.82 Å². The predicted molar refractivity (Wildman–Crippen MR) is 69.1 cm³/mol. The van der Waals surface area contributed by atoms with E-state index < -0.39 is 5.97 Å². The molecule has 1 aliphatic heterocycles. The Morgan fingerprint density at radius 2 is 2.42 bits per heavy atom. The Morgan fingerprint density at radius 3 is 3.11 bits per heavy atom. The van der Waals surface area contributed by atoms with Gasteiger partial charge in [-0.15, -0.1) is 0 Å². The third-order valence-electron chi connectivity index (χ3n) is 2.93. The van der Waals surface area contributed by atoms with E-state index in [1.807, 2.05) is 17.9 Å². The van der Waals surface area contributed by atoms with E-state index in [1.165, 1.54) is 7.11 Å². The van der Waals surface area contributed by atoms with Gasteiger partial charge in [0.25, 0.3) is 0 Å². The Bertz CT molecular complexity index is 466. The summed E-state index contributed by atoms with van der Waals surface area (Å²) in [7, 11) is 1.31. The number of hydrogen-bond acceptors (Lipinski definition) is 7. The number of carbonyl (C=O) groups is 1. The fourth-order valence-electron chi connectivity index (χ4n) is 1.97. The second-order valence-corrected chi connectivity index (χ2v) is 4.36. The highest BCUT2D eigenvalue weighted by atomic mass is 16.5. The van der Waals surface area contributed by atoms with Gasteiger partial charge in [-0.3, -0.25) is 0 Å². The van der Waals surface area contributed by atoms with Crippen LogP contribution in [0.4, 0.5) is 5.82 Å². The van der Waals surface area contributed by atoms with Crippen LogP contribution in [0, 0.1) is 6.92 Å². The highest BCUT2D eigenvalue weighted by Gasteiger charge is 2.22. The summed E-state index contributed by atoms with van der Waals surface area (Å²) in [6.45, 7) is 4.25. The molecule has 2 N–H and O–H groups in total. The van der Waals surface area contributed by atoms with E-state index in [4.69, 9.17) is 10.5 Å². The van der Waals surface area contributed by atoms with Crippen molar-refractivity contribution >= 4 is 11.8 Å². The van der Waals surface area contributed by atoms with Gasteiger partial charge in [0, 0.05) is 31.4 Å². The number of ether oxygens (including phenoxy) is 2. The Morgan fingerprint density at radius 1 is 1.63 bits per heavy atom. The molecule has 2 heterocycles. The summed E-state index contributed by atoms with van der Waals surface area (Å²) in [5.74, 6) is 0.247. The normalized spacial score (nSPS) is 19.3. The Labute approximate surface area is 111 Å². The molecule has 1 saturated heterocycles. The maximum Gasteiger partial charge on any atom is 0.376 e. The molecule has 1 aromatic rings. The molecule has 1 aliphatic rings. The molecule has 7 nitrogen and oxygen atoms in total. The largest absolute Gasteiger partial charge is 0.463 e. The smallest absolute Gasteiger partial charge is 0.376 e. The van der Waals surface area contributed by atoms with Crippen molar-refractivity contribution in [1.82, 2.24) is 9.97 Å². The quantitative estimate of drug-likeness (QED) is 0.753. The molecule has 1 atom stereocenters. The summed E-state index contributed by atoms with van der Waals surface area (Å²) in [6, 6.07) is 1.84. The van der Waals surface area contributed by atoms with Crippen LogP contribution in [0.25, 0.3) is 0 Å². The summed E-state index contributed by atoms with van der Waals surface area (Å²) in [5.41, 5.74) is 6.34. The minimum atomic E-state index is -0.534. The number of aryl methyl sites for hydroxylation is 1. The molecule has 0 aromatic carbocycles. The van der Waals surface area contributed by atoms with E-state index in [0.29, 0.717) is 32.1 Å². The molecule has 104 valence electrons. The van der Waals surface area contributed by atoms with E-state index in [-0.39, 0.29) is 11.9 Å². The maximum atomic E-state index is 11.5. The number of anilines is 1. The minimum absolute atomic E-state index is 0.00871. The zero-order chi connectivity index (χ0) is 13.8. The van der Waals surface area contributed by atoms with Crippen LogP contribution in [-0.2, 0) is 9.47 Å². The molecule has 0 saturated carbocycles. The standard InChI is InChI=1S/C12H18N4O3/c1-8-5-10(15-11(14-8)12(17)18-2)16-3-4-19-9(6-13)7-16/h5,9H,3-4,6-7,13H2,1-2H3. The number of hydrogen-bond donors (Lipinski definition) is 1. The first-order valence-corrected chi connectivity index (χ1v) is 6.14. The number of carbonyl (C=O) groups excluding carboxylic acids is 1. The molecule has 1 unspecified atom stereocenters. The first kappa shape index (κ1) is 13.7. The number of nitrogens with two attached hydrogens (primary N) is 1. The van der Waals surface area contributed by atoms with Crippen LogP contribution in [0.1, 0.15) is 16.3 Å². The van der Waals surface area contributed by atoms with Crippen molar-refractivity contribution in [2.75, 3.05) is 38.3 Å². The molecule has 0 aliphatic carbocycles. The lowest BCUT2D eigenvalue weighted by Crippen LogP contribution is -2.46. The molecule has 7 heteroatoms. The fraction of sp³-hybridized carbons (Fsp3) is 0.583. The first-order chi connectivity index (χ1) is 9.13. The predicted octanol–water partition coefficient (Wildman–Crippen LogP) is -0.264. The molecule has 2 rings (SSSR count). The van der Waals surface area contributed by atoms with Gasteiger partial charge < -0.3 is 20.1 Å². The molecule has 0 bridgehead atoms. The minimum Gasteiger partial charge on any atom is -0.463 e. The molecule has 19 heavy (non-hydrogen) atoms. The third kappa shape index (κ3) is 3.18. The fourth-order valence-corrected chi connectivity index (χ4v) is 1.97. The van der Waals surface area contributed by atoms with E-state index in [9.17, 15) is 4.79 Å². The van der Waals surface area contributed by atoms with Crippen molar-refractivity contribution in [3.63, 3.8) is 0 Å². The van der Waals surface area contributed by atoms with Gasteiger partial charge in [-0.05, 0) is 6.92 Å². The second kappa shape index (κ2) is 5.94. The van der Waals surface area contributed by atoms with Gasteiger partial charge >= 0.3 is 5.97 Å². The summed E-state index contributed by atoms with van der Waals surface area (Å²) in [5, 5.41) is 0. The van der Waals surface area contributed by atoms with Gasteiger partial charge in [0.2, 0.25) is 5.82 Å². The van der Waals surface area contributed by atoms with Crippen LogP contribution in [0.15, 0.2) is 6.07 Å². The van der Waals surface area contributed by atoms with Crippen LogP contribution >= 0.6 is 0 Å². The van der Waals surface area contributed by atoms with Crippen LogP contribution in [0.5, 0.6) is 0 Å². The van der Waals surface area contributed by atoms with E-state index >= 15 is 0 Å². The molecular formula is C12H18N4O3. The van der Waals surface area contributed by atoms with Crippen LogP contribution in [0.2, 0.25) is 0 Å². The number of esters is 1. The Hall–Kier alpha value is -1.73. The van der Waals surface area contributed by atoms with Crippen molar-refractivity contribution in [2.45, 2.75) is 13.0 Å².